The number of methoxy groups -OCH3 is 2. The van der Waals surface area contributed by atoms with Crippen molar-refractivity contribution in [2.45, 2.75) is 4.34 Å². The van der Waals surface area contributed by atoms with Crippen molar-refractivity contribution < 1.29 is 19.2 Å². The van der Waals surface area contributed by atoms with Gasteiger partial charge in [-0.05, 0) is 12.1 Å². The number of carbonyl (C=O) groups is 1. The van der Waals surface area contributed by atoms with E-state index >= 15 is 0 Å². The molecule has 0 saturated heterocycles. The fraction of sp³-hybridized carbons (Fsp3) is 0.308. The van der Waals surface area contributed by atoms with Crippen LogP contribution in [0, 0.1) is 10.1 Å². The third-order valence-corrected chi connectivity index (χ3v) is 4.71. The minimum absolute atomic E-state index is 0.0873. The van der Waals surface area contributed by atoms with Gasteiger partial charge in [0.25, 0.3) is 5.91 Å². The van der Waals surface area contributed by atoms with Crippen molar-refractivity contribution in [3.05, 3.63) is 33.9 Å². The SMILES string of the molecule is COCCSc1nnc(NC(=O)c2ccc(OC)c([N+](=O)[O-])c2)s1. The van der Waals surface area contributed by atoms with E-state index in [0.717, 1.165) is 11.8 Å². The fourth-order valence-electron chi connectivity index (χ4n) is 1.67. The first-order valence-electron chi connectivity index (χ1n) is 6.64. The molecule has 1 aromatic heterocycles. The van der Waals surface area contributed by atoms with Gasteiger partial charge >= 0.3 is 5.69 Å². The Hall–Kier alpha value is -2.24. The molecule has 0 saturated carbocycles. The molecule has 0 aliphatic heterocycles. The molecule has 11 heteroatoms. The predicted molar refractivity (Wildman–Crippen MR) is 90.1 cm³/mol. The maximum absolute atomic E-state index is 12.2. The average Bonchev–Trinajstić information content (AvgIpc) is 3.01. The molecule has 1 heterocycles. The maximum Gasteiger partial charge on any atom is 0.311 e. The summed E-state index contributed by atoms with van der Waals surface area (Å²) in [5.74, 6) is 0.304. The van der Waals surface area contributed by atoms with Gasteiger partial charge in [0.1, 0.15) is 0 Å². The number of aromatic nitrogens is 2. The molecule has 0 fully saturated rings. The van der Waals surface area contributed by atoms with Gasteiger partial charge in [0.05, 0.1) is 18.6 Å². The Morgan fingerprint density at radius 1 is 1.42 bits per heavy atom. The molecular weight excluding hydrogens is 356 g/mol. The van der Waals surface area contributed by atoms with Gasteiger partial charge in [-0.25, -0.2) is 0 Å². The summed E-state index contributed by atoms with van der Waals surface area (Å²) in [4.78, 5) is 22.6. The fourth-order valence-corrected chi connectivity index (χ4v) is 3.39. The first-order chi connectivity index (χ1) is 11.5. The third kappa shape index (κ3) is 4.63. The number of nitro benzene ring substituents is 1. The number of amides is 1. The van der Waals surface area contributed by atoms with Gasteiger partial charge in [-0.15, -0.1) is 10.2 Å². The zero-order valence-corrected chi connectivity index (χ0v) is 14.5. The Bertz CT molecular complexity index is 737. The molecule has 0 aliphatic carbocycles. The topological polar surface area (TPSA) is 116 Å². The largest absolute Gasteiger partial charge is 0.490 e. The van der Waals surface area contributed by atoms with Crippen LogP contribution in [0.25, 0.3) is 0 Å². The number of thioether (sulfide) groups is 1. The van der Waals surface area contributed by atoms with E-state index in [1.807, 2.05) is 0 Å². The summed E-state index contributed by atoms with van der Waals surface area (Å²) < 4.78 is 10.5. The molecule has 1 aromatic carbocycles. The van der Waals surface area contributed by atoms with Crippen LogP contribution in [0.15, 0.2) is 22.5 Å². The van der Waals surface area contributed by atoms with Gasteiger partial charge < -0.3 is 9.47 Å². The predicted octanol–water partition coefficient (Wildman–Crippen LogP) is 2.45. The zero-order chi connectivity index (χ0) is 17.5. The van der Waals surface area contributed by atoms with Crippen LogP contribution in [0.4, 0.5) is 10.8 Å². The number of ether oxygens (including phenoxy) is 2. The number of nitro groups is 1. The molecular formula is C13H14N4O5S2. The van der Waals surface area contributed by atoms with Crippen LogP contribution in [-0.4, -0.2) is 47.6 Å². The first kappa shape index (κ1) is 18.1. The number of carbonyl (C=O) groups excluding carboxylic acids is 1. The standard InChI is InChI=1S/C13H14N4O5S2/c1-21-5-6-23-13-16-15-12(24-13)14-11(18)8-3-4-10(22-2)9(7-8)17(19)20/h3-4,7H,5-6H2,1-2H3,(H,14,15,18). The average molecular weight is 370 g/mol. The Morgan fingerprint density at radius 2 is 2.21 bits per heavy atom. The van der Waals surface area contributed by atoms with Crippen molar-refractivity contribution >= 4 is 39.8 Å². The molecule has 0 spiro atoms. The molecule has 128 valence electrons. The highest BCUT2D eigenvalue weighted by Gasteiger charge is 2.19. The Morgan fingerprint density at radius 3 is 2.88 bits per heavy atom. The lowest BCUT2D eigenvalue weighted by Gasteiger charge is -2.04. The lowest BCUT2D eigenvalue weighted by molar-refractivity contribution is -0.385. The molecule has 9 nitrogen and oxygen atoms in total. The van der Waals surface area contributed by atoms with E-state index in [9.17, 15) is 14.9 Å². The van der Waals surface area contributed by atoms with Crippen molar-refractivity contribution in [1.82, 2.24) is 10.2 Å². The van der Waals surface area contributed by atoms with E-state index < -0.39 is 10.8 Å². The molecule has 2 aromatic rings. The van der Waals surface area contributed by atoms with Crippen molar-refractivity contribution in [2.75, 3.05) is 31.9 Å². The van der Waals surface area contributed by atoms with Gasteiger partial charge in [-0.2, -0.15) is 0 Å². The summed E-state index contributed by atoms with van der Waals surface area (Å²) in [5.41, 5.74) is -0.149. The van der Waals surface area contributed by atoms with E-state index in [2.05, 4.69) is 15.5 Å². The Kier molecular flexibility index (Phi) is 6.46. The van der Waals surface area contributed by atoms with Crippen molar-refractivity contribution in [2.24, 2.45) is 0 Å². The maximum atomic E-state index is 12.2. The molecule has 1 N–H and O–H groups in total. The lowest BCUT2D eigenvalue weighted by Crippen LogP contribution is -2.12. The van der Waals surface area contributed by atoms with Crippen molar-refractivity contribution in [1.29, 1.82) is 0 Å². The molecule has 0 aliphatic rings. The zero-order valence-electron chi connectivity index (χ0n) is 12.8. The van der Waals surface area contributed by atoms with E-state index in [-0.39, 0.29) is 17.0 Å². The second-order valence-electron chi connectivity index (χ2n) is 4.31. The van der Waals surface area contributed by atoms with Gasteiger partial charge in [0.2, 0.25) is 5.13 Å². The smallest absolute Gasteiger partial charge is 0.311 e. The van der Waals surface area contributed by atoms with Crippen LogP contribution in [-0.2, 0) is 4.74 Å². The second kappa shape index (κ2) is 8.57. The van der Waals surface area contributed by atoms with Crippen LogP contribution in [0.5, 0.6) is 5.75 Å². The quantitative estimate of drug-likeness (QED) is 0.248. The minimum Gasteiger partial charge on any atom is -0.490 e. The summed E-state index contributed by atoms with van der Waals surface area (Å²) in [6.45, 7) is 0.585. The number of hydrogen-bond acceptors (Lipinski definition) is 9. The number of rotatable bonds is 8. The van der Waals surface area contributed by atoms with Gasteiger partial charge in [-0.3, -0.25) is 20.2 Å². The summed E-state index contributed by atoms with van der Waals surface area (Å²) >= 11 is 2.68. The number of anilines is 1. The molecule has 1 amide bonds. The highest BCUT2D eigenvalue weighted by Crippen LogP contribution is 2.29. The van der Waals surface area contributed by atoms with E-state index in [0.29, 0.717) is 16.1 Å². The lowest BCUT2D eigenvalue weighted by atomic mass is 10.2. The van der Waals surface area contributed by atoms with Gasteiger partial charge in [0.15, 0.2) is 10.1 Å². The van der Waals surface area contributed by atoms with Crippen LogP contribution < -0.4 is 10.1 Å². The second-order valence-corrected chi connectivity index (χ2v) is 6.63. The van der Waals surface area contributed by atoms with Gasteiger partial charge in [0, 0.05) is 24.5 Å². The molecule has 0 bridgehead atoms. The van der Waals surface area contributed by atoms with Crippen molar-refractivity contribution in [3.63, 3.8) is 0 Å². The van der Waals surface area contributed by atoms with Crippen LogP contribution in [0.3, 0.4) is 0 Å². The monoisotopic (exact) mass is 370 g/mol. The normalized spacial score (nSPS) is 10.4. The van der Waals surface area contributed by atoms with E-state index in [1.54, 1.807) is 7.11 Å². The Balaban J connectivity index is 2.07. The van der Waals surface area contributed by atoms with Gasteiger partial charge in [-0.1, -0.05) is 23.1 Å². The van der Waals surface area contributed by atoms with Crippen LogP contribution in [0.2, 0.25) is 0 Å². The highest BCUT2D eigenvalue weighted by atomic mass is 32.2. The number of nitrogens with zero attached hydrogens (tertiary/aromatic N) is 3. The first-order valence-corrected chi connectivity index (χ1v) is 8.44. The molecule has 2 rings (SSSR count). The van der Waals surface area contributed by atoms with Crippen molar-refractivity contribution in [3.8, 4) is 5.75 Å². The highest BCUT2D eigenvalue weighted by molar-refractivity contribution is 8.01. The van der Waals surface area contributed by atoms with E-state index in [4.69, 9.17) is 9.47 Å². The minimum atomic E-state index is -0.606. The third-order valence-electron chi connectivity index (χ3n) is 2.78. The summed E-state index contributed by atoms with van der Waals surface area (Å²) in [6, 6.07) is 3.97. The summed E-state index contributed by atoms with van der Waals surface area (Å²) in [5, 5.41) is 21.7. The molecule has 24 heavy (non-hydrogen) atoms. The number of hydrogen-bond donors (Lipinski definition) is 1. The van der Waals surface area contributed by atoms with Crippen LogP contribution >= 0.6 is 23.1 Å². The summed E-state index contributed by atoms with van der Waals surface area (Å²) in [6.07, 6.45) is 0. The Labute approximate surface area is 145 Å². The molecule has 0 atom stereocenters. The number of benzene rings is 1. The summed E-state index contributed by atoms with van der Waals surface area (Å²) in [7, 11) is 2.94. The number of nitrogens with one attached hydrogen (secondary N) is 1. The van der Waals surface area contributed by atoms with E-state index in [1.165, 1.54) is 42.3 Å². The molecule has 0 unspecified atom stereocenters. The van der Waals surface area contributed by atoms with Crippen LogP contribution in [0.1, 0.15) is 10.4 Å². The molecule has 0 radical (unpaired) electrons.